The lowest BCUT2D eigenvalue weighted by Gasteiger charge is -2.31. The van der Waals surface area contributed by atoms with Crippen LogP contribution < -0.4 is 5.32 Å². The quantitative estimate of drug-likeness (QED) is 0.519. The van der Waals surface area contributed by atoms with E-state index in [-0.39, 0.29) is 12.5 Å². The van der Waals surface area contributed by atoms with Crippen LogP contribution >= 0.6 is 0 Å². The average Bonchev–Trinajstić information content (AvgIpc) is 2.06. The van der Waals surface area contributed by atoms with Crippen molar-refractivity contribution in [2.45, 2.75) is 38.3 Å². The molecule has 0 aliphatic carbocycles. The highest BCUT2D eigenvalue weighted by Gasteiger charge is 2.28. The van der Waals surface area contributed by atoms with Gasteiger partial charge in [0.2, 0.25) is 5.91 Å². The Hall–Kier alpha value is -0.650. The Morgan fingerprint density at radius 3 is 2.85 bits per heavy atom. The lowest BCUT2D eigenvalue weighted by molar-refractivity contribution is -0.197. The van der Waals surface area contributed by atoms with Crippen molar-refractivity contribution in [3.05, 3.63) is 0 Å². The van der Waals surface area contributed by atoms with E-state index in [1.165, 1.54) is 6.92 Å². The molecule has 76 valence electrons. The normalized spacial score (nSPS) is 34.2. The van der Waals surface area contributed by atoms with E-state index in [0.717, 1.165) is 0 Å². The van der Waals surface area contributed by atoms with Gasteiger partial charge in [0.25, 0.3) is 0 Å². The molecule has 3 atom stereocenters. The van der Waals surface area contributed by atoms with E-state index >= 15 is 0 Å². The van der Waals surface area contributed by atoms with Gasteiger partial charge in [0.15, 0.2) is 6.29 Å². The van der Waals surface area contributed by atoms with E-state index in [9.17, 15) is 9.90 Å². The Balaban J connectivity index is 2.33. The van der Waals surface area contributed by atoms with Crippen molar-refractivity contribution in [2.24, 2.45) is 0 Å². The summed E-state index contributed by atoms with van der Waals surface area (Å²) in [6.07, 6.45) is -0.964. The molecule has 3 unspecified atom stereocenters. The summed E-state index contributed by atoms with van der Waals surface area (Å²) in [5, 5.41) is 21.1. The molecular weight excluding hydrogens is 174 g/mol. The summed E-state index contributed by atoms with van der Waals surface area (Å²) in [6.45, 7) is 1.64. The molecule has 1 rings (SSSR count). The lowest BCUT2D eigenvalue weighted by Crippen LogP contribution is -2.45. The maximum Gasteiger partial charge on any atom is 0.216 e. The number of rotatable bonds is 2. The fraction of sp³-hybridized carbons (Fsp3) is 0.875. The number of aliphatic hydroxyl groups excluding tert-OH is 2. The number of ether oxygens (including phenoxy) is 1. The van der Waals surface area contributed by atoms with Gasteiger partial charge >= 0.3 is 0 Å². The van der Waals surface area contributed by atoms with Crippen LogP contribution in [0, 0.1) is 0 Å². The van der Waals surface area contributed by atoms with E-state index in [1.54, 1.807) is 0 Å². The first-order valence-corrected chi connectivity index (χ1v) is 4.35. The van der Waals surface area contributed by atoms with E-state index < -0.39 is 18.5 Å². The van der Waals surface area contributed by atoms with Crippen LogP contribution in [-0.2, 0) is 9.53 Å². The number of hydrogen-bond acceptors (Lipinski definition) is 4. The second kappa shape index (κ2) is 4.55. The molecule has 3 N–H and O–H groups in total. The minimum atomic E-state index is -0.817. The highest BCUT2D eigenvalue weighted by atomic mass is 16.6. The second-order valence-electron chi connectivity index (χ2n) is 3.21. The minimum Gasteiger partial charge on any atom is -0.390 e. The smallest absolute Gasteiger partial charge is 0.216 e. The average molecular weight is 189 g/mol. The van der Waals surface area contributed by atoms with Crippen molar-refractivity contribution in [1.82, 2.24) is 5.32 Å². The molecule has 0 saturated carbocycles. The van der Waals surface area contributed by atoms with Crippen molar-refractivity contribution in [2.75, 3.05) is 6.54 Å². The molecule has 0 spiro atoms. The highest BCUT2D eigenvalue weighted by Crippen LogP contribution is 2.17. The van der Waals surface area contributed by atoms with Crippen molar-refractivity contribution in [1.29, 1.82) is 0 Å². The fourth-order valence-electron chi connectivity index (χ4n) is 1.29. The molecule has 13 heavy (non-hydrogen) atoms. The van der Waals surface area contributed by atoms with Gasteiger partial charge in [0.1, 0.15) is 6.10 Å². The number of carbonyl (C=O) groups excluding carboxylic acids is 1. The molecule has 0 aromatic rings. The molecule has 1 saturated heterocycles. The van der Waals surface area contributed by atoms with Gasteiger partial charge in [0, 0.05) is 19.9 Å². The summed E-state index contributed by atoms with van der Waals surface area (Å²) < 4.78 is 5.04. The molecule has 5 heteroatoms. The fourth-order valence-corrected chi connectivity index (χ4v) is 1.29. The summed E-state index contributed by atoms with van der Waals surface area (Å²) in [5.41, 5.74) is 0. The molecule has 0 aromatic carbocycles. The van der Waals surface area contributed by atoms with Crippen LogP contribution in [0.5, 0.6) is 0 Å². The molecule has 0 radical (unpaired) electrons. The number of amides is 1. The predicted octanol–water partition coefficient (Wildman–Crippen LogP) is -1.02. The molecule has 1 aliphatic heterocycles. The number of nitrogens with one attached hydrogen (secondary N) is 1. The molecular formula is C8H15NO4. The van der Waals surface area contributed by atoms with Gasteiger partial charge in [-0.15, -0.1) is 0 Å². The van der Waals surface area contributed by atoms with Crippen LogP contribution in [0.4, 0.5) is 0 Å². The van der Waals surface area contributed by atoms with Gasteiger partial charge in [0.05, 0.1) is 6.10 Å². The summed E-state index contributed by atoms with van der Waals surface area (Å²) in [4.78, 5) is 10.6. The zero-order valence-corrected chi connectivity index (χ0v) is 7.56. The zero-order valence-electron chi connectivity index (χ0n) is 7.56. The Labute approximate surface area is 76.7 Å². The maximum absolute atomic E-state index is 10.6. The maximum atomic E-state index is 10.6. The SMILES string of the molecule is CC(=O)NCC1OC(O)CCC1O. The van der Waals surface area contributed by atoms with Crippen molar-refractivity contribution in [3.63, 3.8) is 0 Å². The zero-order chi connectivity index (χ0) is 9.84. The Morgan fingerprint density at radius 1 is 1.54 bits per heavy atom. The van der Waals surface area contributed by atoms with Crippen molar-refractivity contribution < 1.29 is 19.7 Å². The molecule has 1 aliphatic rings. The van der Waals surface area contributed by atoms with E-state index in [0.29, 0.717) is 12.8 Å². The standard InChI is InChI=1S/C8H15NO4/c1-5(10)9-4-7-6(11)2-3-8(12)13-7/h6-8,11-12H,2-4H2,1H3,(H,9,10). The first kappa shape index (κ1) is 10.4. The summed E-state index contributed by atoms with van der Waals surface area (Å²) >= 11 is 0. The van der Waals surface area contributed by atoms with Gasteiger partial charge in [-0.25, -0.2) is 0 Å². The minimum absolute atomic E-state index is 0.170. The second-order valence-corrected chi connectivity index (χ2v) is 3.21. The van der Waals surface area contributed by atoms with Gasteiger partial charge in [-0.1, -0.05) is 0 Å². The van der Waals surface area contributed by atoms with Gasteiger partial charge in [-0.05, 0) is 6.42 Å². The van der Waals surface area contributed by atoms with E-state index in [4.69, 9.17) is 9.84 Å². The van der Waals surface area contributed by atoms with Crippen molar-refractivity contribution >= 4 is 5.91 Å². The first-order valence-electron chi connectivity index (χ1n) is 4.35. The lowest BCUT2D eigenvalue weighted by atomic mass is 10.0. The number of carbonyl (C=O) groups is 1. The van der Waals surface area contributed by atoms with Gasteiger partial charge < -0.3 is 20.3 Å². The Bertz CT molecular complexity index is 185. The van der Waals surface area contributed by atoms with Crippen molar-refractivity contribution in [3.8, 4) is 0 Å². The molecule has 1 amide bonds. The van der Waals surface area contributed by atoms with Crippen LogP contribution in [-0.4, -0.2) is 41.2 Å². The van der Waals surface area contributed by atoms with Crippen LogP contribution in [0.15, 0.2) is 0 Å². The Kier molecular flexibility index (Phi) is 3.65. The van der Waals surface area contributed by atoms with E-state index in [2.05, 4.69) is 5.32 Å². The van der Waals surface area contributed by atoms with Crippen LogP contribution in [0.25, 0.3) is 0 Å². The summed E-state index contributed by atoms with van der Waals surface area (Å²) in [7, 11) is 0. The Morgan fingerprint density at radius 2 is 2.23 bits per heavy atom. The van der Waals surface area contributed by atoms with Crippen LogP contribution in [0.3, 0.4) is 0 Å². The van der Waals surface area contributed by atoms with Crippen LogP contribution in [0.2, 0.25) is 0 Å². The number of aliphatic hydroxyl groups is 2. The van der Waals surface area contributed by atoms with Gasteiger partial charge in [-0.2, -0.15) is 0 Å². The first-order chi connectivity index (χ1) is 6.09. The summed E-state index contributed by atoms with van der Waals surface area (Å²) in [6, 6.07) is 0. The third-order valence-electron chi connectivity index (χ3n) is 2.02. The van der Waals surface area contributed by atoms with Crippen LogP contribution in [0.1, 0.15) is 19.8 Å². The molecule has 5 nitrogen and oxygen atoms in total. The third-order valence-corrected chi connectivity index (χ3v) is 2.02. The molecule has 1 fully saturated rings. The van der Waals surface area contributed by atoms with Gasteiger partial charge in [-0.3, -0.25) is 4.79 Å². The largest absolute Gasteiger partial charge is 0.390 e. The predicted molar refractivity (Wildman–Crippen MR) is 44.8 cm³/mol. The highest BCUT2D eigenvalue weighted by molar-refractivity contribution is 5.72. The molecule has 0 bridgehead atoms. The topological polar surface area (TPSA) is 78.8 Å². The monoisotopic (exact) mass is 189 g/mol. The molecule has 0 aromatic heterocycles. The number of hydrogen-bond donors (Lipinski definition) is 3. The third kappa shape index (κ3) is 3.30. The summed E-state index contributed by atoms with van der Waals surface area (Å²) in [5.74, 6) is -0.170. The molecule has 1 heterocycles. The van der Waals surface area contributed by atoms with E-state index in [1.807, 2.05) is 0 Å².